The Morgan fingerprint density at radius 3 is 2.77 bits per heavy atom. The molecule has 14 heteroatoms. The molecule has 30 heavy (non-hydrogen) atoms. The van der Waals surface area contributed by atoms with Crippen molar-refractivity contribution in [1.82, 2.24) is 9.21 Å². The van der Waals surface area contributed by atoms with Gasteiger partial charge in [0.25, 0.3) is 11.8 Å². The summed E-state index contributed by atoms with van der Waals surface area (Å²) in [5.74, 6) is -1.58. The van der Waals surface area contributed by atoms with E-state index in [1.54, 1.807) is 17.5 Å². The Morgan fingerprint density at radius 1 is 1.43 bits per heavy atom. The van der Waals surface area contributed by atoms with Gasteiger partial charge in [0.2, 0.25) is 0 Å². The van der Waals surface area contributed by atoms with Gasteiger partial charge in [0, 0.05) is 19.6 Å². The number of β-lactam (4-membered cyclic amide) rings is 1. The van der Waals surface area contributed by atoms with E-state index >= 15 is 0 Å². The third kappa shape index (κ3) is 6.47. The summed E-state index contributed by atoms with van der Waals surface area (Å²) in [6.45, 7) is 3.97. The van der Waals surface area contributed by atoms with Crippen molar-refractivity contribution in [1.29, 1.82) is 0 Å². The van der Waals surface area contributed by atoms with Crippen LogP contribution in [0.25, 0.3) is 0 Å². The van der Waals surface area contributed by atoms with E-state index in [-0.39, 0.29) is 40.4 Å². The average molecular weight is 468 g/mol. The topological polar surface area (TPSA) is 132 Å². The van der Waals surface area contributed by atoms with E-state index in [0.717, 1.165) is 50.4 Å². The van der Waals surface area contributed by atoms with Gasteiger partial charge < -0.3 is 14.1 Å². The van der Waals surface area contributed by atoms with Gasteiger partial charge in [-0.15, -0.1) is 11.3 Å². The van der Waals surface area contributed by atoms with Gasteiger partial charge in [-0.3, -0.25) is 19.4 Å². The van der Waals surface area contributed by atoms with Crippen molar-refractivity contribution in [3.8, 4) is 0 Å². The monoisotopic (exact) mass is 468 g/mol. The number of nitrogens with zero attached hydrogens (tertiary/aromatic N) is 4. The number of rotatable bonds is 9. The zero-order chi connectivity index (χ0) is 20.9. The van der Waals surface area contributed by atoms with Crippen molar-refractivity contribution in [2.45, 2.75) is 12.5 Å². The van der Waals surface area contributed by atoms with Crippen LogP contribution in [0.3, 0.4) is 0 Å². The van der Waals surface area contributed by atoms with E-state index < -0.39 is 28.2 Å². The van der Waals surface area contributed by atoms with Crippen LogP contribution < -0.4 is 34.5 Å². The molecule has 2 saturated heterocycles. The molecule has 11 nitrogen and oxygen atoms in total. The number of carbonyl (C=O) groups excluding carboxylic acids is 2. The van der Waals surface area contributed by atoms with E-state index in [9.17, 15) is 22.6 Å². The molecule has 2 aliphatic heterocycles. The van der Waals surface area contributed by atoms with Crippen molar-refractivity contribution >= 4 is 44.7 Å². The maximum atomic E-state index is 12.5. The Bertz CT molecular complexity index is 844. The van der Waals surface area contributed by atoms with Crippen LogP contribution in [0.1, 0.15) is 6.42 Å². The van der Waals surface area contributed by atoms with E-state index in [4.69, 9.17) is 9.57 Å². The Labute approximate surface area is 200 Å². The minimum absolute atomic E-state index is 0. The molecule has 0 bridgehead atoms. The van der Waals surface area contributed by atoms with Crippen LogP contribution in [0.15, 0.2) is 22.7 Å². The molecular weight excluding hydrogens is 447 g/mol. The molecule has 1 unspecified atom stereocenters. The number of morpholine rings is 1. The number of hydrogen-bond acceptors (Lipinski definition) is 10. The summed E-state index contributed by atoms with van der Waals surface area (Å²) in [5, 5.41) is 5.81. The van der Waals surface area contributed by atoms with Gasteiger partial charge in [-0.1, -0.05) is 5.16 Å². The van der Waals surface area contributed by atoms with Crippen molar-refractivity contribution < 1.29 is 61.7 Å². The molecule has 0 N–H and O–H groups in total. The summed E-state index contributed by atoms with van der Waals surface area (Å²) < 4.78 is 38.6. The second kappa shape index (κ2) is 11.5. The zero-order valence-corrected chi connectivity index (χ0v) is 20.1. The molecule has 2 fully saturated rings. The molecule has 0 saturated carbocycles. The van der Waals surface area contributed by atoms with Crippen LogP contribution in [0.2, 0.25) is 0 Å². The Kier molecular flexibility index (Phi) is 9.68. The fraction of sp³-hybridized carbons (Fsp3) is 0.562. The minimum Gasteiger partial charge on any atom is -0.731 e. The van der Waals surface area contributed by atoms with E-state index in [0.29, 0.717) is 11.6 Å². The fourth-order valence-corrected chi connectivity index (χ4v) is 4.42. The molecule has 0 aromatic carbocycles. The molecule has 3 rings (SSSR count). The molecular formula is C16H21N4NaO7S2. The van der Waals surface area contributed by atoms with Gasteiger partial charge in [0.05, 0.1) is 24.8 Å². The maximum absolute atomic E-state index is 12.5. The Hall–Kier alpha value is -1.06. The first kappa shape index (κ1) is 25.2. The number of thiophene rings is 1. The summed E-state index contributed by atoms with van der Waals surface area (Å²) in [6, 6.07) is 2.23. The second-order valence-corrected chi connectivity index (χ2v) is 8.60. The van der Waals surface area contributed by atoms with Crippen molar-refractivity contribution in [3.63, 3.8) is 0 Å². The van der Waals surface area contributed by atoms with E-state index in [1.807, 2.05) is 0 Å². The molecule has 0 radical (unpaired) electrons. The molecule has 2 aliphatic rings. The summed E-state index contributed by atoms with van der Waals surface area (Å²) in [6.07, 6.45) is 1.67. The summed E-state index contributed by atoms with van der Waals surface area (Å²) >= 11 is 1.20. The van der Waals surface area contributed by atoms with Crippen LogP contribution in [-0.4, -0.2) is 92.2 Å². The summed E-state index contributed by atoms with van der Waals surface area (Å²) in [4.78, 5) is 33.1. The van der Waals surface area contributed by atoms with Crippen LogP contribution in [0.5, 0.6) is 0 Å². The molecule has 2 amide bonds. The largest absolute Gasteiger partial charge is 1.00 e. The summed E-state index contributed by atoms with van der Waals surface area (Å²) in [5.41, 5.74) is 0. The van der Waals surface area contributed by atoms with Gasteiger partial charge in [-0.25, -0.2) is 12.7 Å². The molecule has 0 spiro atoms. The number of anilines is 1. The molecule has 0 aliphatic carbocycles. The van der Waals surface area contributed by atoms with Crippen molar-refractivity contribution in [2.75, 3.05) is 50.9 Å². The first-order valence-electron chi connectivity index (χ1n) is 8.97. The first-order valence-corrected chi connectivity index (χ1v) is 11.2. The van der Waals surface area contributed by atoms with Gasteiger partial charge in [-0.2, -0.15) is 0 Å². The van der Waals surface area contributed by atoms with Crippen LogP contribution in [-0.2, 0) is 29.5 Å². The average Bonchev–Trinajstić information content (AvgIpc) is 3.20. The quantitative estimate of drug-likeness (QED) is 0.0910. The van der Waals surface area contributed by atoms with E-state index in [1.165, 1.54) is 11.3 Å². The number of carbonyl (C=O) groups is 2. The van der Waals surface area contributed by atoms with Crippen molar-refractivity contribution in [3.05, 3.63) is 17.5 Å². The Morgan fingerprint density at radius 2 is 2.17 bits per heavy atom. The van der Waals surface area contributed by atoms with Gasteiger partial charge in [-0.05, 0) is 23.9 Å². The molecule has 1 atom stereocenters. The molecule has 3 heterocycles. The van der Waals surface area contributed by atoms with Gasteiger partial charge >= 0.3 is 29.6 Å². The zero-order valence-electron chi connectivity index (χ0n) is 16.5. The fourth-order valence-electron chi connectivity index (χ4n) is 2.97. The molecule has 1 aromatic rings. The SMILES string of the molecule is O=C(C=NOCCCN1CCOCC1)N(c1cccs1)C1CN(S(=O)(=O)[O-])C1=O.[Na+]. The standard InChI is InChI=1S/C16H22N4O7S2.Na/c21-14(11-17-27-7-2-4-18-5-8-26-9-6-18)20(15-3-1-10-28-15)13-12-19(16(13)22)29(23,24)25;/h1,3,10-11,13H,2,4-9,12H2,(H,23,24,25);/q;+1/p-1. The van der Waals surface area contributed by atoms with Gasteiger partial charge in [0.1, 0.15) is 18.9 Å². The number of amides is 2. The van der Waals surface area contributed by atoms with Crippen molar-refractivity contribution in [2.24, 2.45) is 5.16 Å². The van der Waals surface area contributed by atoms with E-state index in [2.05, 4.69) is 10.1 Å². The predicted molar refractivity (Wildman–Crippen MR) is 103 cm³/mol. The normalized spacial score (nSPS) is 20.0. The van der Waals surface area contributed by atoms with Crippen LogP contribution in [0.4, 0.5) is 5.00 Å². The minimum atomic E-state index is -4.88. The Balaban J connectivity index is 0.00000320. The van der Waals surface area contributed by atoms with Gasteiger partial charge in [0.15, 0.2) is 10.3 Å². The van der Waals surface area contributed by atoms with Crippen LogP contribution in [0, 0.1) is 0 Å². The number of hydrogen-bond donors (Lipinski definition) is 0. The number of ether oxygens (including phenoxy) is 1. The first-order chi connectivity index (χ1) is 13.9. The third-order valence-corrected chi connectivity index (χ3v) is 6.22. The second-order valence-electron chi connectivity index (χ2n) is 6.38. The molecule has 160 valence electrons. The summed E-state index contributed by atoms with van der Waals surface area (Å²) in [7, 11) is -4.88. The third-order valence-electron chi connectivity index (χ3n) is 4.48. The van der Waals surface area contributed by atoms with Crippen LogP contribution >= 0.6 is 11.3 Å². The maximum Gasteiger partial charge on any atom is 1.00 e. The predicted octanol–water partition coefficient (Wildman–Crippen LogP) is -3.52. The number of oxime groups is 1. The smallest absolute Gasteiger partial charge is 0.731 e. The molecule has 1 aromatic heterocycles.